The van der Waals surface area contributed by atoms with Crippen molar-refractivity contribution in [3.63, 3.8) is 0 Å². The molecule has 0 unspecified atom stereocenters. The van der Waals surface area contributed by atoms with Gasteiger partial charge in [-0.25, -0.2) is 4.98 Å². The first-order valence-electron chi connectivity index (χ1n) is 7.17. The minimum atomic E-state index is 0.145. The minimum absolute atomic E-state index is 0.145. The van der Waals surface area contributed by atoms with Gasteiger partial charge in [0.25, 0.3) is 0 Å². The van der Waals surface area contributed by atoms with Crippen molar-refractivity contribution < 1.29 is 0 Å². The number of hydrogen-bond donors (Lipinski definition) is 1. The molecule has 4 heteroatoms. The molecule has 2 aromatic rings. The van der Waals surface area contributed by atoms with Gasteiger partial charge in [-0.05, 0) is 45.1 Å². The van der Waals surface area contributed by atoms with Gasteiger partial charge in [-0.2, -0.15) is 11.3 Å². The lowest BCUT2D eigenvalue weighted by atomic mass is 10.1. The van der Waals surface area contributed by atoms with Crippen molar-refractivity contribution in [2.75, 3.05) is 0 Å². The van der Waals surface area contributed by atoms with E-state index in [-0.39, 0.29) is 5.54 Å². The molecule has 110 valence electrons. The molecular weight excluding hydrogens is 284 g/mol. The zero-order chi connectivity index (χ0) is 14.8. The molecule has 20 heavy (non-hydrogen) atoms. The van der Waals surface area contributed by atoms with E-state index in [1.807, 2.05) is 11.3 Å². The van der Waals surface area contributed by atoms with Crippen LogP contribution in [-0.2, 0) is 13.0 Å². The zero-order valence-electron chi connectivity index (χ0n) is 13.0. The number of aromatic nitrogens is 1. The number of hydrogen-bond acceptors (Lipinski definition) is 4. The summed E-state index contributed by atoms with van der Waals surface area (Å²) >= 11 is 3.60. The summed E-state index contributed by atoms with van der Waals surface area (Å²) in [5.74, 6) is 0. The summed E-state index contributed by atoms with van der Waals surface area (Å²) in [5, 5.41) is 9.17. The Morgan fingerprint density at radius 3 is 2.55 bits per heavy atom. The molecule has 0 fully saturated rings. The van der Waals surface area contributed by atoms with Crippen molar-refractivity contribution in [1.29, 1.82) is 0 Å². The third-order valence-electron chi connectivity index (χ3n) is 3.13. The Morgan fingerprint density at radius 2 is 2.00 bits per heavy atom. The Hall–Kier alpha value is -0.710. The van der Waals surface area contributed by atoms with Crippen molar-refractivity contribution in [1.82, 2.24) is 10.3 Å². The van der Waals surface area contributed by atoms with Gasteiger partial charge in [0, 0.05) is 27.9 Å². The van der Waals surface area contributed by atoms with E-state index in [0.29, 0.717) is 0 Å². The molecular formula is C16H24N2S2. The molecule has 2 nitrogen and oxygen atoms in total. The van der Waals surface area contributed by atoms with Crippen LogP contribution in [0, 0.1) is 6.92 Å². The fraction of sp³-hybridized carbons (Fsp3) is 0.562. The lowest BCUT2D eigenvalue weighted by Gasteiger charge is -2.20. The Balaban J connectivity index is 2.26. The van der Waals surface area contributed by atoms with Crippen molar-refractivity contribution in [3.8, 4) is 10.6 Å². The molecule has 1 N–H and O–H groups in total. The highest BCUT2D eigenvalue weighted by Crippen LogP contribution is 2.33. The molecule has 0 saturated heterocycles. The van der Waals surface area contributed by atoms with Crippen LogP contribution < -0.4 is 5.32 Å². The van der Waals surface area contributed by atoms with Crippen LogP contribution in [0.15, 0.2) is 10.8 Å². The monoisotopic (exact) mass is 308 g/mol. The maximum Gasteiger partial charge on any atom is 0.125 e. The molecule has 0 saturated carbocycles. The van der Waals surface area contributed by atoms with Gasteiger partial charge < -0.3 is 5.32 Å². The van der Waals surface area contributed by atoms with Gasteiger partial charge in [-0.15, -0.1) is 11.3 Å². The van der Waals surface area contributed by atoms with Crippen LogP contribution in [0.3, 0.4) is 0 Å². The topological polar surface area (TPSA) is 24.9 Å². The Labute approximate surface area is 130 Å². The van der Waals surface area contributed by atoms with E-state index in [4.69, 9.17) is 4.98 Å². The Morgan fingerprint density at radius 1 is 1.25 bits per heavy atom. The molecule has 2 aromatic heterocycles. The number of nitrogens with one attached hydrogen (secondary N) is 1. The lowest BCUT2D eigenvalue weighted by molar-refractivity contribution is 0.425. The number of thiophene rings is 1. The Kier molecular flexibility index (Phi) is 4.99. The summed E-state index contributed by atoms with van der Waals surface area (Å²) in [4.78, 5) is 6.28. The first-order chi connectivity index (χ1) is 9.40. The third-order valence-corrected chi connectivity index (χ3v) is 5.12. The van der Waals surface area contributed by atoms with Gasteiger partial charge in [0.05, 0.1) is 5.69 Å². The van der Waals surface area contributed by atoms with Gasteiger partial charge in [0.1, 0.15) is 5.01 Å². The predicted molar refractivity (Wildman–Crippen MR) is 90.8 cm³/mol. The van der Waals surface area contributed by atoms with E-state index in [2.05, 4.69) is 50.7 Å². The third kappa shape index (κ3) is 3.90. The quantitative estimate of drug-likeness (QED) is 0.839. The van der Waals surface area contributed by atoms with Crippen molar-refractivity contribution >= 4 is 22.7 Å². The average Bonchev–Trinajstić information content (AvgIpc) is 2.92. The summed E-state index contributed by atoms with van der Waals surface area (Å²) in [6, 6.07) is 0. The lowest BCUT2D eigenvalue weighted by Crippen LogP contribution is -2.35. The maximum atomic E-state index is 4.89. The highest BCUT2D eigenvalue weighted by molar-refractivity contribution is 7.15. The van der Waals surface area contributed by atoms with Crippen molar-refractivity contribution in [3.05, 3.63) is 26.9 Å². The smallest absolute Gasteiger partial charge is 0.125 e. The van der Waals surface area contributed by atoms with E-state index in [1.54, 1.807) is 11.3 Å². The van der Waals surface area contributed by atoms with Crippen LogP contribution in [0.25, 0.3) is 10.6 Å². The molecule has 2 rings (SSSR count). The SMILES string of the molecule is CCCc1nc(-c2cscc2C)sc1CNC(C)(C)C. The van der Waals surface area contributed by atoms with E-state index in [1.165, 1.54) is 26.7 Å². The van der Waals surface area contributed by atoms with E-state index < -0.39 is 0 Å². The number of nitrogens with zero attached hydrogens (tertiary/aromatic N) is 1. The molecule has 0 aromatic carbocycles. The molecule has 0 atom stereocenters. The fourth-order valence-corrected chi connectivity index (χ4v) is 4.03. The van der Waals surface area contributed by atoms with Crippen LogP contribution in [0.2, 0.25) is 0 Å². The average molecular weight is 309 g/mol. The second-order valence-corrected chi connectivity index (χ2v) is 8.04. The maximum absolute atomic E-state index is 4.89. The normalized spacial score (nSPS) is 12.1. The van der Waals surface area contributed by atoms with E-state index >= 15 is 0 Å². The van der Waals surface area contributed by atoms with Gasteiger partial charge in [-0.3, -0.25) is 0 Å². The van der Waals surface area contributed by atoms with Gasteiger partial charge in [0.15, 0.2) is 0 Å². The first-order valence-corrected chi connectivity index (χ1v) is 8.93. The molecule has 0 aliphatic carbocycles. The van der Waals surface area contributed by atoms with Crippen LogP contribution >= 0.6 is 22.7 Å². The van der Waals surface area contributed by atoms with E-state index in [9.17, 15) is 0 Å². The highest BCUT2D eigenvalue weighted by atomic mass is 32.1. The van der Waals surface area contributed by atoms with Crippen LogP contribution in [0.1, 0.15) is 50.3 Å². The summed E-state index contributed by atoms with van der Waals surface area (Å²) in [7, 11) is 0. The van der Waals surface area contributed by atoms with Crippen LogP contribution in [0.4, 0.5) is 0 Å². The second-order valence-electron chi connectivity index (χ2n) is 6.21. The summed E-state index contributed by atoms with van der Waals surface area (Å²) in [6.07, 6.45) is 2.22. The van der Waals surface area contributed by atoms with E-state index in [0.717, 1.165) is 19.4 Å². The van der Waals surface area contributed by atoms with Crippen LogP contribution in [-0.4, -0.2) is 10.5 Å². The summed E-state index contributed by atoms with van der Waals surface area (Å²) < 4.78 is 0. The van der Waals surface area contributed by atoms with Crippen molar-refractivity contribution in [2.24, 2.45) is 0 Å². The van der Waals surface area contributed by atoms with Gasteiger partial charge in [0.2, 0.25) is 0 Å². The number of thiazole rings is 1. The summed E-state index contributed by atoms with van der Waals surface area (Å²) in [6.45, 7) is 11.9. The van der Waals surface area contributed by atoms with Crippen LogP contribution in [0.5, 0.6) is 0 Å². The standard InChI is InChI=1S/C16H24N2S2/c1-6-7-13-14(8-17-16(3,4)5)20-15(18-13)12-10-19-9-11(12)2/h9-10,17H,6-8H2,1-5H3. The Bertz CT molecular complexity index is 561. The second kappa shape index (κ2) is 6.37. The van der Waals surface area contributed by atoms with Gasteiger partial charge in [-0.1, -0.05) is 13.3 Å². The molecule has 2 heterocycles. The number of aryl methyl sites for hydroxylation is 2. The zero-order valence-corrected chi connectivity index (χ0v) is 14.7. The molecule has 0 bridgehead atoms. The number of rotatable bonds is 5. The minimum Gasteiger partial charge on any atom is -0.307 e. The highest BCUT2D eigenvalue weighted by Gasteiger charge is 2.16. The molecule has 0 radical (unpaired) electrons. The largest absolute Gasteiger partial charge is 0.307 e. The fourth-order valence-electron chi connectivity index (χ4n) is 1.99. The molecule has 0 aliphatic rings. The predicted octanol–water partition coefficient (Wildman–Crippen LogP) is 5.02. The molecule has 0 amide bonds. The van der Waals surface area contributed by atoms with Gasteiger partial charge >= 0.3 is 0 Å². The van der Waals surface area contributed by atoms with Crippen molar-refractivity contribution in [2.45, 2.75) is 59.5 Å². The first kappa shape index (κ1) is 15.7. The molecule has 0 aliphatic heterocycles. The molecule has 0 spiro atoms. The summed E-state index contributed by atoms with van der Waals surface area (Å²) in [5.41, 5.74) is 4.06.